The molecule has 2 aromatic heterocycles. The number of para-hydroxylation sites is 1. The van der Waals surface area contributed by atoms with Crippen LogP contribution in [0.3, 0.4) is 0 Å². The minimum absolute atomic E-state index is 0.244. The first-order chi connectivity index (χ1) is 15.7. The van der Waals surface area contributed by atoms with Crippen LogP contribution in [0.2, 0.25) is 0 Å². The van der Waals surface area contributed by atoms with Crippen molar-refractivity contribution < 1.29 is 14.3 Å². The SMILES string of the molecule is O=C(C(=O)N1CCN(c2ccc(OC3CCCCC3)nn2)CC1)c1c[nH]c2ccccc12. The van der Waals surface area contributed by atoms with Crippen molar-refractivity contribution in [1.29, 1.82) is 0 Å². The third kappa shape index (κ3) is 4.17. The summed E-state index contributed by atoms with van der Waals surface area (Å²) in [5.41, 5.74) is 1.27. The van der Waals surface area contributed by atoms with Gasteiger partial charge in [-0.05, 0) is 37.8 Å². The Morgan fingerprint density at radius 3 is 2.47 bits per heavy atom. The number of amides is 1. The van der Waals surface area contributed by atoms with E-state index in [1.165, 1.54) is 19.3 Å². The predicted molar refractivity (Wildman–Crippen MR) is 121 cm³/mol. The number of carbonyl (C=O) groups excluding carboxylic acids is 2. The van der Waals surface area contributed by atoms with Crippen LogP contribution in [-0.4, -0.2) is 64.1 Å². The molecule has 0 bridgehead atoms. The number of hydrogen-bond acceptors (Lipinski definition) is 6. The fourth-order valence-corrected chi connectivity index (χ4v) is 4.56. The molecule has 0 atom stereocenters. The van der Waals surface area contributed by atoms with Crippen molar-refractivity contribution in [2.45, 2.75) is 38.2 Å². The van der Waals surface area contributed by atoms with Gasteiger partial charge in [-0.2, -0.15) is 0 Å². The topological polar surface area (TPSA) is 91.4 Å². The first kappa shape index (κ1) is 20.5. The summed E-state index contributed by atoms with van der Waals surface area (Å²) in [6, 6.07) is 11.3. The van der Waals surface area contributed by atoms with Crippen molar-refractivity contribution in [3.05, 3.63) is 48.2 Å². The highest BCUT2D eigenvalue weighted by Crippen LogP contribution is 2.23. The van der Waals surface area contributed by atoms with E-state index in [-0.39, 0.29) is 6.10 Å². The van der Waals surface area contributed by atoms with Gasteiger partial charge in [-0.1, -0.05) is 24.6 Å². The molecule has 0 unspecified atom stereocenters. The second-order valence-electron chi connectivity index (χ2n) is 8.46. The van der Waals surface area contributed by atoms with Gasteiger partial charge in [0.2, 0.25) is 5.88 Å². The number of benzene rings is 1. The van der Waals surface area contributed by atoms with E-state index in [0.717, 1.165) is 29.6 Å². The van der Waals surface area contributed by atoms with Gasteiger partial charge in [-0.25, -0.2) is 0 Å². The van der Waals surface area contributed by atoms with Gasteiger partial charge in [0.1, 0.15) is 6.10 Å². The molecule has 1 aliphatic heterocycles. The Bertz CT molecular complexity index is 1100. The number of anilines is 1. The molecule has 0 spiro atoms. The fourth-order valence-electron chi connectivity index (χ4n) is 4.56. The van der Waals surface area contributed by atoms with Crippen LogP contribution < -0.4 is 9.64 Å². The highest BCUT2D eigenvalue weighted by atomic mass is 16.5. The Morgan fingerprint density at radius 1 is 0.938 bits per heavy atom. The van der Waals surface area contributed by atoms with Crippen LogP contribution in [0.1, 0.15) is 42.5 Å². The Hall–Kier alpha value is -3.42. The number of nitrogens with zero attached hydrogens (tertiary/aromatic N) is 4. The smallest absolute Gasteiger partial charge is 0.295 e. The van der Waals surface area contributed by atoms with Crippen LogP contribution >= 0.6 is 0 Å². The Morgan fingerprint density at radius 2 is 1.72 bits per heavy atom. The van der Waals surface area contributed by atoms with Gasteiger partial charge in [0.15, 0.2) is 5.82 Å². The van der Waals surface area contributed by atoms with Crippen LogP contribution in [0.25, 0.3) is 10.9 Å². The number of aromatic amines is 1. The predicted octanol–water partition coefficient (Wildman–Crippen LogP) is 3.20. The number of rotatable bonds is 5. The number of ketones is 1. The molecular weight excluding hydrogens is 406 g/mol. The molecule has 3 heterocycles. The highest BCUT2D eigenvalue weighted by Gasteiger charge is 2.29. The zero-order valence-corrected chi connectivity index (χ0v) is 18.0. The number of hydrogen-bond donors (Lipinski definition) is 1. The number of piperazine rings is 1. The molecule has 32 heavy (non-hydrogen) atoms. The number of aromatic nitrogens is 3. The summed E-state index contributed by atoms with van der Waals surface area (Å²) in [5, 5.41) is 9.34. The number of Topliss-reactive ketones (excluding diaryl/α,β-unsaturated/α-hetero) is 1. The molecule has 1 N–H and O–H groups in total. The third-order valence-electron chi connectivity index (χ3n) is 6.38. The molecule has 3 aromatic rings. The van der Waals surface area contributed by atoms with E-state index in [1.54, 1.807) is 11.1 Å². The number of H-pyrrole nitrogens is 1. The maximum Gasteiger partial charge on any atom is 0.295 e. The maximum absolute atomic E-state index is 12.8. The van der Waals surface area contributed by atoms with Gasteiger partial charge in [0.25, 0.3) is 11.7 Å². The first-order valence-corrected chi connectivity index (χ1v) is 11.3. The molecule has 5 rings (SSSR count). The van der Waals surface area contributed by atoms with Crippen LogP contribution in [0.15, 0.2) is 42.6 Å². The summed E-state index contributed by atoms with van der Waals surface area (Å²) in [5.74, 6) is 0.395. The molecule has 1 saturated carbocycles. The summed E-state index contributed by atoms with van der Waals surface area (Å²) in [6.45, 7) is 2.14. The molecule has 2 aliphatic rings. The minimum Gasteiger partial charge on any atom is -0.473 e. The monoisotopic (exact) mass is 433 g/mol. The van der Waals surface area contributed by atoms with E-state index in [9.17, 15) is 9.59 Å². The number of carbonyl (C=O) groups is 2. The van der Waals surface area contributed by atoms with Gasteiger partial charge in [-0.15, -0.1) is 10.2 Å². The van der Waals surface area contributed by atoms with Crippen molar-refractivity contribution in [1.82, 2.24) is 20.1 Å². The summed E-state index contributed by atoms with van der Waals surface area (Å²) in [4.78, 5) is 32.4. The molecule has 8 nitrogen and oxygen atoms in total. The summed E-state index contributed by atoms with van der Waals surface area (Å²) >= 11 is 0. The maximum atomic E-state index is 12.8. The second kappa shape index (κ2) is 8.98. The zero-order valence-electron chi connectivity index (χ0n) is 18.0. The van der Waals surface area contributed by atoms with Crippen molar-refractivity contribution >= 4 is 28.4 Å². The molecule has 166 valence electrons. The lowest BCUT2D eigenvalue weighted by Gasteiger charge is -2.34. The lowest BCUT2D eigenvalue weighted by Crippen LogP contribution is -2.50. The van der Waals surface area contributed by atoms with Crippen LogP contribution in [-0.2, 0) is 4.79 Å². The number of ether oxygens (including phenoxy) is 1. The van der Waals surface area contributed by atoms with Gasteiger partial charge in [-0.3, -0.25) is 9.59 Å². The highest BCUT2D eigenvalue weighted by molar-refractivity contribution is 6.44. The van der Waals surface area contributed by atoms with E-state index in [1.807, 2.05) is 36.4 Å². The largest absolute Gasteiger partial charge is 0.473 e. The first-order valence-electron chi connectivity index (χ1n) is 11.3. The second-order valence-corrected chi connectivity index (χ2v) is 8.46. The van der Waals surface area contributed by atoms with Gasteiger partial charge in [0.05, 0.1) is 5.56 Å². The molecule has 1 aliphatic carbocycles. The van der Waals surface area contributed by atoms with Crippen LogP contribution in [0, 0.1) is 0 Å². The quantitative estimate of drug-likeness (QED) is 0.491. The molecule has 0 radical (unpaired) electrons. The molecule has 1 saturated heterocycles. The Labute approximate surface area is 186 Å². The van der Waals surface area contributed by atoms with E-state index in [2.05, 4.69) is 20.1 Å². The van der Waals surface area contributed by atoms with E-state index >= 15 is 0 Å². The standard InChI is InChI=1S/C24H27N5O3/c30-23(19-16-25-20-9-5-4-8-18(19)20)24(31)29-14-12-28(13-15-29)21-10-11-22(27-26-21)32-17-6-2-1-3-7-17/h4-5,8-11,16-17,25H,1-3,6-7,12-15H2. The third-order valence-corrected chi connectivity index (χ3v) is 6.38. The van der Waals surface area contributed by atoms with Crippen molar-refractivity contribution in [2.75, 3.05) is 31.1 Å². The normalized spacial score (nSPS) is 17.5. The molecular formula is C24H27N5O3. The lowest BCUT2D eigenvalue weighted by atomic mass is 9.98. The van der Waals surface area contributed by atoms with E-state index in [4.69, 9.17) is 4.74 Å². The Balaban J connectivity index is 1.17. The zero-order chi connectivity index (χ0) is 21.9. The summed E-state index contributed by atoms with van der Waals surface area (Å²) < 4.78 is 5.95. The average Bonchev–Trinajstić information content (AvgIpc) is 3.29. The molecule has 1 amide bonds. The van der Waals surface area contributed by atoms with Gasteiger partial charge in [0, 0.05) is 49.3 Å². The van der Waals surface area contributed by atoms with Crippen molar-refractivity contribution in [3.63, 3.8) is 0 Å². The van der Waals surface area contributed by atoms with Crippen LogP contribution in [0.5, 0.6) is 5.88 Å². The summed E-state index contributed by atoms with van der Waals surface area (Å²) in [7, 11) is 0. The Kier molecular flexibility index (Phi) is 5.75. The van der Waals surface area contributed by atoms with Crippen molar-refractivity contribution in [3.8, 4) is 5.88 Å². The molecule has 2 fully saturated rings. The fraction of sp³-hybridized carbons (Fsp3) is 0.417. The number of fused-ring (bicyclic) bond motifs is 1. The number of nitrogens with one attached hydrogen (secondary N) is 1. The van der Waals surface area contributed by atoms with Gasteiger partial charge < -0.3 is 19.5 Å². The van der Waals surface area contributed by atoms with Crippen molar-refractivity contribution in [2.24, 2.45) is 0 Å². The van der Waals surface area contributed by atoms with E-state index < -0.39 is 11.7 Å². The summed E-state index contributed by atoms with van der Waals surface area (Å²) in [6.07, 6.45) is 7.73. The lowest BCUT2D eigenvalue weighted by molar-refractivity contribution is -0.126. The average molecular weight is 434 g/mol. The minimum atomic E-state index is -0.472. The van der Waals surface area contributed by atoms with E-state index in [0.29, 0.717) is 37.6 Å². The van der Waals surface area contributed by atoms with Gasteiger partial charge >= 0.3 is 0 Å². The van der Waals surface area contributed by atoms with Crippen LogP contribution in [0.4, 0.5) is 5.82 Å². The molecule has 8 heteroatoms. The molecule has 1 aromatic carbocycles.